The summed E-state index contributed by atoms with van der Waals surface area (Å²) >= 11 is 0.509. The van der Waals surface area contributed by atoms with Gasteiger partial charge in [0.15, 0.2) is 0 Å². The van der Waals surface area contributed by atoms with Crippen molar-refractivity contribution in [1.82, 2.24) is 15.1 Å². The van der Waals surface area contributed by atoms with Crippen LogP contribution in [0.5, 0.6) is 0 Å². The number of hydrogen-bond donors (Lipinski definition) is 3. The maximum Gasteiger partial charge on any atom is 0.407 e. The van der Waals surface area contributed by atoms with Gasteiger partial charge < -0.3 is 15.4 Å². The molecule has 2 aromatic rings. The van der Waals surface area contributed by atoms with Crippen LogP contribution in [0.25, 0.3) is 0 Å². The molecule has 16 heteroatoms. The van der Waals surface area contributed by atoms with Crippen LogP contribution in [0.4, 0.5) is 10.5 Å². The standard InChI is InChI=1S/C17H24N6O7S3/c1-17(2,3)30-15(25)19-10-9-13(24)20-11-5-7-12(8-6-11)33(28,29)22-14-23(4)21-16(31-14)32(18,26)27/h5-8H,9-10H2,1-4H3,(H,19,25)(H,20,24)(H2,18,26,27)/b22-14+. The Morgan fingerprint density at radius 2 is 1.79 bits per heavy atom. The Morgan fingerprint density at radius 1 is 1.18 bits per heavy atom. The molecule has 2 amide bonds. The Bertz CT molecular complexity index is 1300. The Morgan fingerprint density at radius 3 is 2.30 bits per heavy atom. The van der Waals surface area contributed by atoms with E-state index < -0.39 is 42.0 Å². The number of nitrogens with two attached hydrogens (primary N) is 1. The second-order valence-electron chi connectivity index (χ2n) is 7.64. The second-order valence-corrected chi connectivity index (χ2v) is 11.9. The highest BCUT2D eigenvalue weighted by Gasteiger charge is 2.18. The lowest BCUT2D eigenvalue weighted by atomic mass is 10.2. The molecule has 33 heavy (non-hydrogen) atoms. The molecular weight excluding hydrogens is 496 g/mol. The molecule has 0 atom stereocenters. The zero-order chi connectivity index (χ0) is 25.0. The van der Waals surface area contributed by atoms with Gasteiger partial charge >= 0.3 is 6.09 Å². The van der Waals surface area contributed by atoms with Gasteiger partial charge in [0, 0.05) is 25.7 Å². The van der Waals surface area contributed by atoms with Crippen LogP contribution in [0.1, 0.15) is 27.2 Å². The minimum Gasteiger partial charge on any atom is -0.444 e. The van der Waals surface area contributed by atoms with Gasteiger partial charge in [0.25, 0.3) is 20.0 Å². The zero-order valence-corrected chi connectivity index (χ0v) is 20.7. The molecule has 0 aliphatic heterocycles. The summed E-state index contributed by atoms with van der Waals surface area (Å²) < 4.78 is 57.0. The van der Waals surface area contributed by atoms with Crippen molar-refractivity contribution in [2.45, 2.75) is 42.0 Å². The van der Waals surface area contributed by atoms with Gasteiger partial charge in [-0.2, -0.15) is 8.42 Å². The minimum atomic E-state index is -4.19. The van der Waals surface area contributed by atoms with E-state index >= 15 is 0 Å². The number of nitrogens with zero attached hydrogens (tertiary/aromatic N) is 3. The number of nitrogens with one attached hydrogen (secondary N) is 2. The van der Waals surface area contributed by atoms with Gasteiger partial charge in [0.2, 0.25) is 15.0 Å². The molecule has 0 spiro atoms. The van der Waals surface area contributed by atoms with Gasteiger partial charge in [-0.15, -0.1) is 9.50 Å². The predicted octanol–water partition coefficient (Wildman–Crippen LogP) is 0.272. The van der Waals surface area contributed by atoms with Crippen molar-refractivity contribution in [3.8, 4) is 0 Å². The fourth-order valence-corrected chi connectivity index (χ4v) is 4.97. The molecule has 0 radical (unpaired) electrons. The number of anilines is 1. The van der Waals surface area contributed by atoms with Crippen molar-refractivity contribution >= 4 is 49.1 Å². The third kappa shape index (κ3) is 8.23. The third-order valence-corrected chi connectivity index (χ3v) is 7.29. The molecule has 13 nitrogen and oxygen atoms in total. The molecule has 0 fully saturated rings. The average molecular weight is 521 g/mol. The van der Waals surface area contributed by atoms with Gasteiger partial charge in [0.1, 0.15) is 5.60 Å². The number of carbonyl (C=O) groups is 2. The van der Waals surface area contributed by atoms with E-state index in [1.54, 1.807) is 20.8 Å². The number of benzene rings is 1. The van der Waals surface area contributed by atoms with Crippen LogP contribution in [0.2, 0.25) is 0 Å². The van der Waals surface area contributed by atoms with Crippen molar-refractivity contribution in [2.24, 2.45) is 16.6 Å². The molecule has 0 bridgehead atoms. The third-order valence-electron chi connectivity index (χ3n) is 3.58. The number of aromatic nitrogens is 2. The number of sulfonamides is 2. The van der Waals surface area contributed by atoms with Crippen LogP contribution in [-0.2, 0) is 36.6 Å². The molecule has 1 aromatic heterocycles. The highest BCUT2D eigenvalue weighted by molar-refractivity contribution is 7.91. The number of aryl methyl sites for hydroxylation is 1. The molecule has 182 valence electrons. The summed E-state index contributed by atoms with van der Waals surface area (Å²) in [5.41, 5.74) is -0.321. The summed E-state index contributed by atoms with van der Waals surface area (Å²) in [5.74, 6) is -0.404. The summed E-state index contributed by atoms with van der Waals surface area (Å²) in [5, 5.41) is 13.7. The lowest BCUT2D eigenvalue weighted by molar-refractivity contribution is -0.116. The lowest BCUT2D eigenvalue weighted by Crippen LogP contribution is -2.34. The normalized spacial score (nSPS) is 12.9. The highest BCUT2D eigenvalue weighted by atomic mass is 32.2. The van der Waals surface area contributed by atoms with Crippen molar-refractivity contribution in [2.75, 3.05) is 11.9 Å². The summed E-state index contributed by atoms with van der Waals surface area (Å²) in [6.45, 7) is 5.21. The van der Waals surface area contributed by atoms with Gasteiger partial charge in [-0.1, -0.05) is 11.3 Å². The first kappa shape index (κ1) is 26.4. The summed E-state index contributed by atoms with van der Waals surface area (Å²) in [6.07, 6.45) is -0.665. The number of primary sulfonamides is 1. The van der Waals surface area contributed by atoms with Gasteiger partial charge in [-0.25, -0.2) is 23.0 Å². The minimum absolute atomic E-state index is 0.0249. The van der Waals surface area contributed by atoms with E-state index in [4.69, 9.17) is 9.88 Å². The molecule has 1 aromatic carbocycles. The number of hydrogen-bond acceptors (Lipinski definition) is 9. The maximum atomic E-state index is 12.5. The van der Waals surface area contributed by atoms with E-state index in [2.05, 4.69) is 20.1 Å². The Balaban J connectivity index is 2.03. The number of ether oxygens (including phenoxy) is 1. The first-order chi connectivity index (χ1) is 15.1. The molecule has 0 aliphatic rings. The van der Waals surface area contributed by atoms with Crippen molar-refractivity contribution < 1.29 is 31.2 Å². The zero-order valence-electron chi connectivity index (χ0n) is 18.2. The Hall–Kier alpha value is -2.82. The SMILES string of the molecule is Cn1nc(S(N)(=O)=O)s/c1=N/S(=O)(=O)c1ccc(NC(=O)CCNC(=O)OC(C)(C)C)cc1. The Labute approximate surface area is 194 Å². The van der Waals surface area contributed by atoms with Crippen LogP contribution in [-0.4, -0.2) is 50.8 Å². The molecule has 2 rings (SSSR count). The van der Waals surface area contributed by atoms with Crippen molar-refractivity contribution in [1.29, 1.82) is 0 Å². The first-order valence-corrected chi connectivity index (χ1v) is 13.1. The molecule has 0 unspecified atom stereocenters. The average Bonchev–Trinajstić information content (AvgIpc) is 3.01. The van der Waals surface area contributed by atoms with Crippen molar-refractivity contribution in [3.63, 3.8) is 0 Å². The van der Waals surface area contributed by atoms with Gasteiger partial charge in [-0.05, 0) is 45.0 Å². The number of alkyl carbamates (subject to hydrolysis) is 1. The van der Waals surface area contributed by atoms with E-state index in [0.717, 1.165) is 4.68 Å². The van der Waals surface area contributed by atoms with E-state index in [1.807, 2.05) is 0 Å². The van der Waals surface area contributed by atoms with Gasteiger partial charge in [0.05, 0.1) is 4.90 Å². The van der Waals surface area contributed by atoms with E-state index in [0.29, 0.717) is 17.0 Å². The number of carbonyl (C=O) groups excluding carboxylic acids is 2. The quantitative estimate of drug-likeness (QED) is 0.463. The van der Waals surface area contributed by atoms with Crippen LogP contribution in [0, 0.1) is 0 Å². The van der Waals surface area contributed by atoms with Crippen LogP contribution in [0.15, 0.2) is 37.9 Å². The monoisotopic (exact) mass is 520 g/mol. The topological polar surface area (TPSA) is 192 Å². The molecule has 4 N–H and O–H groups in total. The van der Waals surface area contributed by atoms with E-state index in [1.165, 1.54) is 31.3 Å². The van der Waals surface area contributed by atoms with E-state index in [9.17, 15) is 26.4 Å². The predicted molar refractivity (Wildman–Crippen MR) is 119 cm³/mol. The second kappa shape index (κ2) is 9.98. The molecule has 0 saturated carbocycles. The largest absolute Gasteiger partial charge is 0.444 e. The van der Waals surface area contributed by atoms with Crippen LogP contribution >= 0.6 is 11.3 Å². The number of rotatable bonds is 7. The molecule has 0 saturated heterocycles. The van der Waals surface area contributed by atoms with Crippen molar-refractivity contribution in [3.05, 3.63) is 29.1 Å². The summed E-state index contributed by atoms with van der Waals surface area (Å²) in [6, 6.07) is 5.19. The molecule has 0 aliphatic carbocycles. The lowest BCUT2D eigenvalue weighted by Gasteiger charge is -2.19. The highest BCUT2D eigenvalue weighted by Crippen LogP contribution is 2.16. The molecular formula is C17H24N6O7S3. The molecule has 1 heterocycles. The summed E-state index contributed by atoms with van der Waals surface area (Å²) in [7, 11) is -6.96. The fraction of sp³-hybridized carbons (Fsp3) is 0.412. The summed E-state index contributed by atoms with van der Waals surface area (Å²) in [4.78, 5) is 23.2. The maximum absolute atomic E-state index is 12.5. The van der Waals surface area contributed by atoms with E-state index in [-0.39, 0.29) is 22.7 Å². The fourth-order valence-electron chi connectivity index (χ4n) is 2.20. The van der Waals surface area contributed by atoms with Crippen LogP contribution < -0.4 is 20.6 Å². The van der Waals surface area contributed by atoms with Crippen LogP contribution in [0.3, 0.4) is 0 Å². The van der Waals surface area contributed by atoms with Gasteiger partial charge in [-0.3, -0.25) is 4.79 Å². The first-order valence-electron chi connectivity index (χ1n) is 9.31. The smallest absolute Gasteiger partial charge is 0.407 e. The Kier molecular flexibility index (Phi) is 8.00. The number of amides is 2.